The van der Waals surface area contributed by atoms with Crippen LogP contribution in [-0.2, 0) is 0 Å². The number of hydrogen-bond acceptors (Lipinski definition) is 6. The highest BCUT2D eigenvalue weighted by Gasteiger charge is 2.32. The zero-order chi connectivity index (χ0) is 26.3. The molecule has 2 aromatic heterocycles. The summed E-state index contributed by atoms with van der Waals surface area (Å²) < 4.78 is 38.3. The van der Waals surface area contributed by atoms with E-state index in [-0.39, 0.29) is 35.6 Å². The number of fused-ring (bicyclic) bond motifs is 1. The lowest BCUT2D eigenvalue weighted by Gasteiger charge is -2.19. The summed E-state index contributed by atoms with van der Waals surface area (Å²) in [7, 11) is 1.34. The number of benzene rings is 1. The molecule has 3 N–H and O–H groups in total. The van der Waals surface area contributed by atoms with Gasteiger partial charge in [-0.15, -0.1) is 0 Å². The van der Waals surface area contributed by atoms with Gasteiger partial charge in [0.2, 0.25) is 0 Å². The Bertz CT molecular complexity index is 1340. The SMILES string of the molecule is COc1cc(-c2cnc3cc(C(O)[C@@H]4CCN(C(=O)O)C4)ccn23)cc(OC(F)F)c1C(=O)NC1CC1. The lowest BCUT2D eigenvalue weighted by Crippen LogP contribution is -2.27. The van der Waals surface area contributed by atoms with Crippen molar-refractivity contribution in [3.05, 3.63) is 47.8 Å². The van der Waals surface area contributed by atoms with Gasteiger partial charge >= 0.3 is 12.7 Å². The fraction of sp³-hybridized carbons (Fsp3) is 0.400. The predicted molar refractivity (Wildman–Crippen MR) is 127 cm³/mol. The van der Waals surface area contributed by atoms with Crippen molar-refractivity contribution >= 4 is 17.6 Å². The fourth-order valence-electron chi connectivity index (χ4n) is 4.68. The maximum absolute atomic E-state index is 13.2. The number of rotatable bonds is 8. The van der Waals surface area contributed by atoms with E-state index in [1.165, 1.54) is 24.3 Å². The van der Waals surface area contributed by atoms with E-state index in [1.807, 2.05) is 0 Å². The molecule has 0 bridgehead atoms. The van der Waals surface area contributed by atoms with Gasteiger partial charge in [-0.3, -0.25) is 9.20 Å². The number of carbonyl (C=O) groups is 2. The average Bonchev–Trinajstić information content (AvgIpc) is 3.37. The highest BCUT2D eigenvalue weighted by Crippen LogP contribution is 2.37. The molecule has 1 aromatic carbocycles. The Balaban J connectivity index is 1.48. The second kappa shape index (κ2) is 9.85. The normalized spacial score (nSPS) is 18.3. The van der Waals surface area contributed by atoms with Crippen LogP contribution < -0.4 is 14.8 Å². The molecule has 1 unspecified atom stereocenters. The van der Waals surface area contributed by atoms with E-state index in [1.54, 1.807) is 28.8 Å². The molecule has 0 spiro atoms. The van der Waals surface area contributed by atoms with Crippen LogP contribution in [-0.4, -0.2) is 69.4 Å². The van der Waals surface area contributed by atoms with Gasteiger partial charge in [0, 0.05) is 36.8 Å². The Morgan fingerprint density at radius 1 is 1.19 bits per heavy atom. The summed E-state index contributed by atoms with van der Waals surface area (Å²) in [6.07, 6.45) is 3.55. The molecule has 2 aliphatic rings. The number of alkyl halides is 2. The lowest BCUT2D eigenvalue weighted by atomic mass is 9.96. The molecule has 2 atom stereocenters. The number of carboxylic acid groups (broad SMARTS) is 1. The molecule has 196 valence electrons. The Morgan fingerprint density at radius 3 is 2.59 bits per heavy atom. The van der Waals surface area contributed by atoms with Crippen LogP contribution in [0.5, 0.6) is 11.5 Å². The molecule has 1 aliphatic heterocycles. The topological polar surface area (TPSA) is 126 Å². The van der Waals surface area contributed by atoms with Gasteiger partial charge in [-0.1, -0.05) is 0 Å². The quantitative estimate of drug-likeness (QED) is 0.418. The van der Waals surface area contributed by atoms with Crippen LogP contribution in [0, 0.1) is 5.92 Å². The van der Waals surface area contributed by atoms with Gasteiger partial charge in [0.1, 0.15) is 22.7 Å². The number of aromatic nitrogens is 2. The molecule has 1 saturated heterocycles. The number of amides is 2. The number of halogens is 2. The van der Waals surface area contributed by atoms with Gasteiger partial charge in [-0.25, -0.2) is 9.78 Å². The summed E-state index contributed by atoms with van der Waals surface area (Å²) in [6.45, 7) is -2.53. The second-order valence-electron chi connectivity index (χ2n) is 9.23. The van der Waals surface area contributed by atoms with Gasteiger partial charge in [-0.05, 0) is 49.1 Å². The molecule has 12 heteroatoms. The molecule has 1 saturated carbocycles. The molecule has 3 heterocycles. The van der Waals surface area contributed by atoms with E-state index in [0.29, 0.717) is 35.4 Å². The van der Waals surface area contributed by atoms with Gasteiger partial charge in [0.25, 0.3) is 5.91 Å². The number of ether oxygens (including phenoxy) is 2. The molecular formula is C25H26F2N4O6. The number of pyridine rings is 1. The minimum Gasteiger partial charge on any atom is -0.496 e. The third-order valence-electron chi connectivity index (χ3n) is 6.76. The summed E-state index contributed by atoms with van der Waals surface area (Å²) in [6, 6.07) is 6.32. The smallest absolute Gasteiger partial charge is 0.407 e. The van der Waals surface area contributed by atoms with Crippen molar-refractivity contribution in [1.29, 1.82) is 0 Å². The number of carbonyl (C=O) groups excluding carboxylic acids is 1. The summed E-state index contributed by atoms with van der Waals surface area (Å²) in [5, 5.41) is 22.8. The van der Waals surface area contributed by atoms with Crippen molar-refractivity contribution in [3.8, 4) is 22.8 Å². The van der Waals surface area contributed by atoms with Crippen molar-refractivity contribution in [2.45, 2.75) is 38.0 Å². The predicted octanol–water partition coefficient (Wildman–Crippen LogP) is 3.54. The maximum atomic E-state index is 13.2. The van der Waals surface area contributed by atoms with Crippen LogP contribution in [0.3, 0.4) is 0 Å². The third-order valence-corrected chi connectivity index (χ3v) is 6.76. The molecule has 0 radical (unpaired) electrons. The summed E-state index contributed by atoms with van der Waals surface area (Å²) in [4.78, 5) is 29.6. The van der Waals surface area contributed by atoms with Crippen molar-refractivity contribution < 1.29 is 38.1 Å². The summed E-state index contributed by atoms with van der Waals surface area (Å²) in [5.74, 6) is -1.02. The van der Waals surface area contributed by atoms with Crippen LogP contribution in [0.2, 0.25) is 0 Å². The molecule has 37 heavy (non-hydrogen) atoms. The Labute approximate surface area is 210 Å². The van der Waals surface area contributed by atoms with E-state index in [2.05, 4.69) is 10.3 Å². The Hall–Kier alpha value is -3.93. The van der Waals surface area contributed by atoms with Gasteiger partial charge in [0.05, 0.1) is 25.1 Å². The number of methoxy groups -OCH3 is 1. The first kappa shape index (κ1) is 24.8. The first-order chi connectivity index (χ1) is 17.7. The van der Waals surface area contributed by atoms with Gasteiger partial charge in [0.15, 0.2) is 0 Å². The second-order valence-corrected chi connectivity index (χ2v) is 9.23. The van der Waals surface area contributed by atoms with E-state index in [9.17, 15) is 28.6 Å². The van der Waals surface area contributed by atoms with E-state index in [4.69, 9.17) is 9.47 Å². The number of nitrogens with zero attached hydrogens (tertiary/aromatic N) is 3. The monoisotopic (exact) mass is 516 g/mol. The molecule has 1 aliphatic carbocycles. The first-order valence-electron chi connectivity index (χ1n) is 11.9. The lowest BCUT2D eigenvalue weighted by molar-refractivity contribution is -0.0502. The van der Waals surface area contributed by atoms with Crippen LogP contribution in [0.1, 0.15) is 41.3 Å². The van der Waals surface area contributed by atoms with Gasteiger partial charge < -0.3 is 29.9 Å². The zero-order valence-electron chi connectivity index (χ0n) is 19.9. The Kier molecular flexibility index (Phi) is 6.59. The van der Waals surface area contributed by atoms with Crippen LogP contribution in [0.25, 0.3) is 16.9 Å². The van der Waals surface area contributed by atoms with Crippen LogP contribution in [0.4, 0.5) is 13.6 Å². The number of likely N-dealkylation sites (tertiary alicyclic amines) is 1. The first-order valence-corrected chi connectivity index (χ1v) is 11.9. The largest absolute Gasteiger partial charge is 0.496 e. The van der Waals surface area contributed by atoms with Crippen molar-refractivity contribution in [2.75, 3.05) is 20.2 Å². The summed E-state index contributed by atoms with van der Waals surface area (Å²) in [5.41, 5.74) is 1.94. The van der Waals surface area contributed by atoms with Crippen molar-refractivity contribution in [3.63, 3.8) is 0 Å². The van der Waals surface area contributed by atoms with Crippen LogP contribution >= 0.6 is 0 Å². The highest BCUT2D eigenvalue weighted by molar-refractivity contribution is 6.01. The number of imidazole rings is 1. The number of hydrogen-bond donors (Lipinski definition) is 3. The average molecular weight is 517 g/mol. The minimum absolute atomic E-state index is 0.0102. The summed E-state index contributed by atoms with van der Waals surface area (Å²) >= 11 is 0. The van der Waals surface area contributed by atoms with Crippen molar-refractivity contribution in [1.82, 2.24) is 19.6 Å². The molecular weight excluding hydrogens is 490 g/mol. The van der Waals surface area contributed by atoms with E-state index in [0.717, 1.165) is 12.8 Å². The van der Waals surface area contributed by atoms with Gasteiger partial charge in [-0.2, -0.15) is 8.78 Å². The van der Waals surface area contributed by atoms with Crippen LogP contribution in [0.15, 0.2) is 36.7 Å². The molecule has 3 aromatic rings. The zero-order valence-corrected chi connectivity index (χ0v) is 19.9. The molecule has 5 rings (SSSR count). The molecule has 2 fully saturated rings. The highest BCUT2D eigenvalue weighted by atomic mass is 19.3. The maximum Gasteiger partial charge on any atom is 0.407 e. The fourth-order valence-corrected chi connectivity index (χ4v) is 4.68. The van der Waals surface area contributed by atoms with Crippen molar-refractivity contribution in [2.24, 2.45) is 5.92 Å². The number of aliphatic hydroxyl groups is 1. The number of aliphatic hydroxyl groups excluding tert-OH is 1. The van der Waals surface area contributed by atoms with E-state index >= 15 is 0 Å². The standard InChI is InChI=1S/C25H26F2N4O6/c1-36-18-8-15(9-19(37-24(26)27)21(18)23(33)29-16-2-3-16)17-11-28-20-10-13(5-7-31(17)20)22(32)14-4-6-30(12-14)25(34)35/h5,7-11,14,16,22,24,32H,2-4,6,12H2,1H3,(H,29,33)(H,34,35)/t14-,22?/m1/s1. The third kappa shape index (κ3) is 5.01. The molecule has 10 nitrogen and oxygen atoms in total. The van der Waals surface area contributed by atoms with E-state index < -0.39 is 24.7 Å². The molecule has 2 amide bonds. The number of nitrogens with one attached hydrogen (secondary N) is 1. The minimum atomic E-state index is -3.15. The Morgan fingerprint density at radius 2 is 1.95 bits per heavy atom.